The first-order valence-electron chi connectivity index (χ1n) is 6.91. The summed E-state index contributed by atoms with van der Waals surface area (Å²) in [6, 6.07) is 4.59. The highest BCUT2D eigenvalue weighted by atomic mass is 19.4. The van der Waals surface area contributed by atoms with Gasteiger partial charge in [-0.05, 0) is 55.4 Å². The molecule has 0 aromatic heterocycles. The van der Waals surface area contributed by atoms with E-state index in [9.17, 15) is 18.0 Å². The Hall–Kier alpha value is -1.52. The van der Waals surface area contributed by atoms with Crippen LogP contribution in [0.15, 0.2) is 24.3 Å². The van der Waals surface area contributed by atoms with Crippen LogP contribution in [0.2, 0.25) is 0 Å². The molecule has 5 heteroatoms. The van der Waals surface area contributed by atoms with E-state index in [2.05, 4.69) is 5.32 Å². The second-order valence-corrected chi connectivity index (χ2v) is 5.83. The fourth-order valence-corrected chi connectivity index (χ4v) is 3.48. The molecular formula is C15H16F3NO. The minimum Gasteiger partial charge on any atom is -0.349 e. The van der Waals surface area contributed by atoms with Crippen molar-refractivity contribution in [2.45, 2.75) is 37.9 Å². The molecule has 2 bridgehead atoms. The molecule has 3 rings (SSSR count). The van der Waals surface area contributed by atoms with E-state index in [1.165, 1.54) is 25.0 Å². The van der Waals surface area contributed by atoms with Crippen LogP contribution in [-0.2, 0) is 6.18 Å². The largest absolute Gasteiger partial charge is 0.416 e. The van der Waals surface area contributed by atoms with Crippen LogP contribution < -0.4 is 5.32 Å². The lowest BCUT2D eigenvalue weighted by atomic mass is 9.95. The summed E-state index contributed by atoms with van der Waals surface area (Å²) in [7, 11) is 0. The summed E-state index contributed by atoms with van der Waals surface area (Å²) in [4.78, 5) is 12.0. The molecule has 0 heterocycles. The number of nitrogens with one attached hydrogen (secondary N) is 1. The first-order chi connectivity index (χ1) is 9.43. The summed E-state index contributed by atoms with van der Waals surface area (Å²) in [5.74, 6) is 1.01. The molecule has 108 valence electrons. The predicted molar refractivity (Wildman–Crippen MR) is 68.1 cm³/mol. The zero-order chi connectivity index (χ0) is 14.3. The van der Waals surface area contributed by atoms with Crippen LogP contribution in [0.5, 0.6) is 0 Å². The molecule has 0 spiro atoms. The maximum absolute atomic E-state index is 12.4. The lowest BCUT2D eigenvalue weighted by Crippen LogP contribution is -2.38. The fourth-order valence-electron chi connectivity index (χ4n) is 3.48. The molecule has 0 saturated heterocycles. The zero-order valence-corrected chi connectivity index (χ0v) is 10.9. The van der Waals surface area contributed by atoms with E-state index in [4.69, 9.17) is 0 Å². The maximum atomic E-state index is 12.4. The molecular weight excluding hydrogens is 267 g/mol. The van der Waals surface area contributed by atoms with Crippen molar-refractivity contribution in [3.63, 3.8) is 0 Å². The normalized spacial score (nSPS) is 28.6. The number of hydrogen-bond donors (Lipinski definition) is 1. The predicted octanol–water partition coefficient (Wildman–Crippen LogP) is 3.62. The first kappa shape index (κ1) is 13.5. The van der Waals surface area contributed by atoms with Crippen LogP contribution in [-0.4, -0.2) is 11.9 Å². The van der Waals surface area contributed by atoms with Gasteiger partial charge >= 0.3 is 6.18 Å². The van der Waals surface area contributed by atoms with Gasteiger partial charge in [0.05, 0.1) is 5.56 Å². The fraction of sp³-hybridized carbons (Fsp3) is 0.533. The standard InChI is InChI=1S/C15H16F3NO/c16-15(17,18)12-5-3-10(4-6-12)14(20)19-13-8-9-1-2-11(13)7-9/h3-6,9,11,13H,1-2,7-8H2,(H,19,20)/t9-,11+,13+/m0/s1. The van der Waals surface area contributed by atoms with Crippen LogP contribution in [0.3, 0.4) is 0 Å². The molecule has 2 fully saturated rings. The van der Waals surface area contributed by atoms with Crippen LogP contribution in [0.25, 0.3) is 0 Å². The number of halogens is 3. The van der Waals surface area contributed by atoms with E-state index < -0.39 is 11.7 Å². The van der Waals surface area contributed by atoms with Crippen molar-refractivity contribution in [3.05, 3.63) is 35.4 Å². The van der Waals surface area contributed by atoms with E-state index >= 15 is 0 Å². The van der Waals surface area contributed by atoms with Gasteiger partial charge in [0.15, 0.2) is 0 Å². The van der Waals surface area contributed by atoms with Crippen LogP contribution >= 0.6 is 0 Å². The topological polar surface area (TPSA) is 29.1 Å². The highest BCUT2D eigenvalue weighted by molar-refractivity contribution is 5.94. The van der Waals surface area contributed by atoms with Crippen molar-refractivity contribution in [1.29, 1.82) is 0 Å². The Kier molecular flexibility index (Phi) is 3.22. The lowest BCUT2D eigenvalue weighted by molar-refractivity contribution is -0.137. The van der Waals surface area contributed by atoms with Gasteiger partial charge in [-0.15, -0.1) is 0 Å². The Bertz CT molecular complexity index is 509. The Balaban J connectivity index is 1.65. The third-order valence-electron chi connectivity index (χ3n) is 4.53. The summed E-state index contributed by atoms with van der Waals surface area (Å²) in [5, 5.41) is 2.96. The van der Waals surface area contributed by atoms with Gasteiger partial charge in [0.1, 0.15) is 0 Å². The molecule has 0 radical (unpaired) electrons. The average Bonchev–Trinajstić information content (AvgIpc) is 3.00. The highest BCUT2D eigenvalue weighted by Gasteiger charge is 2.40. The highest BCUT2D eigenvalue weighted by Crippen LogP contribution is 2.44. The van der Waals surface area contributed by atoms with Gasteiger partial charge in [-0.1, -0.05) is 6.42 Å². The van der Waals surface area contributed by atoms with Crippen molar-refractivity contribution in [2.24, 2.45) is 11.8 Å². The van der Waals surface area contributed by atoms with Crippen molar-refractivity contribution >= 4 is 5.91 Å². The number of alkyl halides is 3. The average molecular weight is 283 g/mol. The molecule has 2 saturated carbocycles. The van der Waals surface area contributed by atoms with Crippen molar-refractivity contribution in [1.82, 2.24) is 5.32 Å². The molecule has 20 heavy (non-hydrogen) atoms. The number of rotatable bonds is 2. The third-order valence-corrected chi connectivity index (χ3v) is 4.53. The molecule has 1 amide bonds. The summed E-state index contributed by atoms with van der Waals surface area (Å²) in [6.45, 7) is 0. The molecule has 2 aliphatic rings. The number of carbonyl (C=O) groups is 1. The van der Waals surface area contributed by atoms with Crippen LogP contribution in [0.1, 0.15) is 41.6 Å². The molecule has 1 aromatic rings. The van der Waals surface area contributed by atoms with Crippen molar-refractivity contribution in [3.8, 4) is 0 Å². The Labute approximate surface area is 115 Å². The maximum Gasteiger partial charge on any atom is 0.416 e. The molecule has 0 aliphatic heterocycles. The van der Waals surface area contributed by atoms with Gasteiger partial charge < -0.3 is 5.32 Å². The smallest absolute Gasteiger partial charge is 0.349 e. The number of benzene rings is 1. The second-order valence-electron chi connectivity index (χ2n) is 5.83. The SMILES string of the molecule is O=C(N[C@@H]1C[C@H]2CC[C@@H]1C2)c1ccc(C(F)(F)F)cc1. The van der Waals surface area contributed by atoms with Crippen LogP contribution in [0.4, 0.5) is 13.2 Å². The van der Waals surface area contributed by atoms with Gasteiger partial charge in [0, 0.05) is 11.6 Å². The molecule has 1 N–H and O–H groups in total. The van der Waals surface area contributed by atoms with Gasteiger partial charge in [0.2, 0.25) is 0 Å². The zero-order valence-electron chi connectivity index (χ0n) is 10.9. The number of carbonyl (C=O) groups excluding carboxylic acids is 1. The number of amides is 1. The summed E-state index contributed by atoms with van der Waals surface area (Å²) < 4.78 is 37.3. The summed E-state index contributed by atoms with van der Waals surface area (Å²) in [6.07, 6.45) is 0.231. The van der Waals surface area contributed by atoms with E-state index in [0.29, 0.717) is 11.5 Å². The van der Waals surface area contributed by atoms with Crippen molar-refractivity contribution in [2.75, 3.05) is 0 Å². The number of fused-ring (bicyclic) bond motifs is 2. The molecule has 1 aromatic carbocycles. The molecule has 3 atom stereocenters. The van der Waals surface area contributed by atoms with Gasteiger partial charge in [-0.25, -0.2) is 0 Å². The van der Waals surface area contributed by atoms with Crippen LogP contribution in [0, 0.1) is 11.8 Å². The van der Waals surface area contributed by atoms with Crippen molar-refractivity contribution < 1.29 is 18.0 Å². The molecule has 2 aliphatic carbocycles. The Morgan fingerprint density at radius 3 is 2.30 bits per heavy atom. The summed E-state index contributed by atoms with van der Waals surface area (Å²) in [5.41, 5.74) is -0.435. The monoisotopic (exact) mass is 283 g/mol. The quantitative estimate of drug-likeness (QED) is 0.882. The second kappa shape index (κ2) is 4.79. The Morgan fingerprint density at radius 2 is 1.80 bits per heavy atom. The first-order valence-corrected chi connectivity index (χ1v) is 6.91. The lowest BCUT2D eigenvalue weighted by Gasteiger charge is -2.22. The van der Waals surface area contributed by atoms with E-state index in [1.54, 1.807) is 0 Å². The summed E-state index contributed by atoms with van der Waals surface area (Å²) >= 11 is 0. The number of hydrogen-bond acceptors (Lipinski definition) is 1. The minimum atomic E-state index is -4.36. The van der Waals surface area contributed by atoms with E-state index in [1.807, 2.05) is 0 Å². The van der Waals surface area contributed by atoms with Gasteiger partial charge in [-0.2, -0.15) is 13.2 Å². The molecule has 2 nitrogen and oxygen atoms in total. The van der Waals surface area contributed by atoms with E-state index in [-0.39, 0.29) is 11.9 Å². The van der Waals surface area contributed by atoms with E-state index in [0.717, 1.165) is 30.9 Å². The molecule has 0 unspecified atom stereocenters. The minimum absolute atomic E-state index is 0.198. The van der Waals surface area contributed by atoms with Gasteiger partial charge in [0.25, 0.3) is 5.91 Å². The Morgan fingerprint density at radius 1 is 1.10 bits per heavy atom. The third kappa shape index (κ3) is 2.53. The van der Waals surface area contributed by atoms with Gasteiger partial charge in [-0.3, -0.25) is 4.79 Å².